The molecule has 0 fully saturated rings. The van der Waals surface area contributed by atoms with E-state index in [1.54, 1.807) is 5.01 Å². The van der Waals surface area contributed by atoms with Crippen LogP contribution in [-0.2, 0) is 4.79 Å². The maximum absolute atomic E-state index is 13.8. The van der Waals surface area contributed by atoms with Gasteiger partial charge in [0.05, 0.1) is 11.4 Å². The normalized spacial score (nSPS) is 19.0. The second-order valence-corrected chi connectivity index (χ2v) is 7.23. The van der Waals surface area contributed by atoms with Gasteiger partial charge in [0, 0.05) is 0 Å². The molecule has 3 heteroatoms. The molecule has 0 N–H and O–H groups in total. The van der Waals surface area contributed by atoms with Crippen LogP contribution in [0.3, 0.4) is 0 Å². The molecular formula is C26H24N2O. The minimum absolute atomic E-state index is 0.00316. The molecule has 3 aromatic carbocycles. The van der Waals surface area contributed by atoms with Gasteiger partial charge in [-0.1, -0.05) is 104 Å². The lowest BCUT2D eigenvalue weighted by molar-refractivity contribution is -0.122. The van der Waals surface area contributed by atoms with Crippen molar-refractivity contribution in [2.75, 3.05) is 5.01 Å². The molecule has 1 atom stereocenters. The van der Waals surface area contributed by atoms with E-state index < -0.39 is 5.41 Å². The number of rotatable bonds is 6. The predicted molar refractivity (Wildman–Crippen MR) is 120 cm³/mol. The first-order chi connectivity index (χ1) is 14.2. The molecule has 144 valence electrons. The topological polar surface area (TPSA) is 32.7 Å². The SMILES string of the molecule is CCCC1(/C=C/c2ccccc2)C(=O)N(c2ccccc2)N=C1c1ccccc1. The number of nitrogens with zero attached hydrogens (tertiary/aromatic N) is 2. The fraction of sp³-hybridized carbons (Fsp3) is 0.154. The van der Waals surface area contributed by atoms with Crippen molar-refractivity contribution in [1.29, 1.82) is 0 Å². The number of amides is 1. The van der Waals surface area contributed by atoms with Crippen LogP contribution in [0.4, 0.5) is 5.69 Å². The Labute approximate surface area is 172 Å². The molecule has 3 nitrogen and oxygen atoms in total. The smallest absolute Gasteiger partial charge is 0.263 e. The van der Waals surface area contributed by atoms with Gasteiger partial charge in [0.2, 0.25) is 0 Å². The van der Waals surface area contributed by atoms with Crippen LogP contribution in [0.25, 0.3) is 6.08 Å². The van der Waals surface area contributed by atoms with Crippen molar-refractivity contribution < 1.29 is 4.79 Å². The Balaban J connectivity index is 1.85. The quantitative estimate of drug-likeness (QED) is 0.521. The van der Waals surface area contributed by atoms with Crippen LogP contribution in [0.15, 0.2) is 102 Å². The highest BCUT2D eigenvalue weighted by atomic mass is 16.2. The lowest BCUT2D eigenvalue weighted by Crippen LogP contribution is -2.38. The zero-order valence-corrected chi connectivity index (χ0v) is 16.5. The molecule has 1 amide bonds. The van der Waals surface area contributed by atoms with Crippen LogP contribution >= 0.6 is 0 Å². The third kappa shape index (κ3) is 3.64. The van der Waals surface area contributed by atoms with Crippen molar-refractivity contribution in [1.82, 2.24) is 0 Å². The Hall–Kier alpha value is -3.46. The number of carbonyl (C=O) groups is 1. The fourth-order valence-corrected chi connectivity index (χ4v) is 3.84. The summed E-state index contributed by atoms with van der Waals surface area (Å²) in [4.78, 5) is 13.8. The highest BCUT2D eigenvalue weighted by molar-refractivity contribution is 6.26. The summed E-state index contributed by atoms with van der Waals surface area (Å²) < 4.78 is 0. The summed E-state index contributed by atoms with van der Waals surface area (Å²) in [7, 11) is 0. The third-order valence-corrected chi connectivity index (χ3v) is 5.25. The summed E-state index contributed by atoms with van der Waals surface area (Å²) in [6, 6.07) is 29.8. The van der Waals surface area contributed by atoms with Crippen LogP contribution in [0.5, 0.6) is 0 Å². The summed E-state index contributed by atoms with van der Waals surface area (Å²) in [6.07, 6.45) is 5.66. The van der Waals surface area contributed by atoms with E-state index in [0.717, 1.165) is 28.9 Å². The second-order valence-electron chi connectivity index (χ2n) is 7.23. The van der Waals surface area contributed by atoms with E-state index in [9.17, 15) is 4.79 Å². The number of hydrazone groups is 1. The van der Waals surface area contributed by atoms with Gasteiger partial charge in [0.15, 0.2) is 0 Å². The predicted octanol–water partition coefficient (Wildman–Crippen LogP) is 5.94. The summed E-state index contributed by atoms with van der Waals surface area (Å²) in [5, 5.41) is 6.41. The maximum Gasteiger partial charge on any atom is 0.263 e. The van der Waals surface area contributed by atoms with Crippen molar-refractivity contribution >= 4 is 23.4 Å². The Kier molecular flexibility index (Phi) is 5.39. The van der Waals surface area contributed by atoms with E-state index in [1.165, 1.54) is 0 Å². The zero-order valence-electron chi connectivity index (χ0n) is 16.5. The average Bonchev–Trinajstić information content (AvgIpc) is 3.07. The monoisotopic (exact) mass is 380 g/mol. The van der Waals surface area contributed by atoms with Crippen molar-refractivity contribution in [3.8, 4) is 0 Å². The Morgan fingerprint density at radius 2 is 1.45 bits per heavy atom. The van der Waals surface area contributed by atoms with E-state index in [1.807, 2.05) is 103 Å². The average molecular weight is 380 g/mol. The Morgan fingerprint density at radius 3 is 2.07 bits per heavy atom. The minimum Gasteiger partial charge on any atom is -0.271 e. The van der Waals surface area contributed by atoms with E-state index in [0.29, 0.717) is 6.42 Å². The van der Waals surface area contributed by atoms with Crippen LogP contribution < -0.4 is 5.01 Å². The number of para-hydroxylation sites is 1. The van der Waals surface area contributed by atoms with Crippen molar-refractivity contribution in [3.05, 3.63) is 108 Å². The molecule has 0 saturated carbocycles. The molecule has 1 unspecified atom stereocenters. The van der Waals surface area contributed by atoms with E-state index in [2.05, 4.69) is 6.92 Å². The summed E-state index contributed by atoms with van der Waals surface area (Å²) >= 11 is 0. The van der Waals surface area contributed by atoms with Crippen LogP contribution in [0.2, 0.25) is 0 Å². The van der Waals surface area contributed by atoms with Gasteiger partial charge in [0.1, 0.15) is 5.41 Å². The van der Waals surface area contributed by atoms with Crippen molar-refractivity contribution in [2.24, 2.45) is 10.5 Å². The first kappa shape index (κ1) is 18.9. The molecule has 1 aliphatic heterocycles. The molecule has 29 heavy (non-hydrogen) atoms. The highest BCUT2D eigenvalue weighted by Crippen LogP contribution is 2.41. The van der Waals surface area contributed by atoms with E-state index in [4.69, 9.17) is 5.10 Å². The van der Waals surface area contributed by atoms with Gasteiger partial charge in [-0.25, -0.2) is 0 Å². The largest absolute Gasteiger partial charge is 0.271 e. The fourth-order valence-electron chi connectivity index (χ4n) is 3.84. The molecule has 1 heterocycles. The molecule has 0 radical (unpaired) electrons. The molecule has 3 aromatic rings. The lowest BCUT2D eigenvalue weighted by Gasteiger charge is -2.26. The van der Waals surface area contributed by atoms with Gasteiger partial charge in [-0.05, 0) is 29.7 Å². The van der Waals surface area contributed by atoms with Gasteiger partial charge in [-0.15, -0.1) is 0 Å². The Bertz CT molecular complexity index is 1030. The number of hydrogen-bond donors (Lipinski definition) is 0. The van der Waals surface area contributed by atoms with Gasteiger partial charge in [-0.2, -0.15) is 10.1 Å². The number of hydrogen-bond acceptors (Lipinski definition) is 2. The maximum atomic E-state index is 13.8. The first-order valence-corrected chi connectivity index (χ1v) is 10.0. The minimum atomic E-state index is -0.790. The van der Waals surface area contributed by atoms with Crippen molar-refractivity contribution in [3.63, 3.8) is 0 Å². The second kappa shape index (κ2) is 8.27. The lowest BCUT2D eigenvalue weighted by atomic mass is 9.75. The van der Waals surface area contributed by atoms with Crippen LogP contribution in [0.1, 0.15) is 30.9 Å². The van der Waals surface area contributed by atoms with E-state index in [-0.39, 0.29) is 5.91 Å². The summed E-state index contributed by atoms with van der Waals surface area (Å²) in [5.74, 6) is -0.00316. The summed E-state index contributed by atoms with van der Waals surface area (Å²) in [5.41, 5.74) is 2.85. The molecule has 0 spiro atoms. The number of benzene rings is 3. The summed E-state index contributed by atoms with van der Waals surface area (Å²) in [6.45, 7) is 2.11. The van der Waals surface area contributed by atoms with E-state index >= 15 is 0 Å². The van der Waals surface area contributed by atoms with Gasteiger partial charge in [0.25, 0.3) is 5.91 Å². The first-order valence-electron chi connectivity index (χ1n) is 10.0. The standard InChI is InChI=1S/C26H24N2O/c1-2-19-26(20-18-21-12-6-3-7-13-21)24(22-14-8-4-9-15-22)27-28(25(26)29)23-16-10-5-11-17-23/h3-18,20H,2,19H2,1H3/b20-18+. The van der Waals surface area contributed by atoms with Crippen LogP contribution in [-0.4, -0.2) is 11.6 Å². The van der Waals surface area contributed by atoms with Gasteiger partial charge in [-0.3, -0.25) is 4.79 Å². The molecule has 0 bridgehead atoms. The Morgan fingerprint density at radius 1 is 0.862 bits per heavy atom. The van der Waals surface area contributed by atoms with Crippen molar-refractivity contribution in [2.45, 2.75) is 19.8 Å². The molecule has 0 aliphatic carbocycles. The number of carbonyl (C=O) groups excluding carboxylic acids is 1. The molecular weight excluding hydrogens is 356 g/mol. The van der Waals surface area contributed by atoms with Gasteiger partial charge < -0.3 is 0 Å². The molecule has 0 aromatic heterocycles. The molecule has 1 aliphatic rings. The third-order valence-electron chi connectivity index (χ3n) is 5.25. The van der Waals surface area contributed by atoms with Gasteiger partial charge >= 0.3 is 0 Å². The highest BCUT2D eigenvalue weighted by Gasteiger charge is 2.49. The van der Waals surface area contributed by atoms with Crippen LogP contribution in [0, 0.1) is 5.41 Å². The molecule has 0 saturated heterocycles. The molecule has 4 rings (SSSR count). The zero-order chi connectivity index (χ0) is 20.1. The number of anilines is 1.